The summed E-state index contributed by atoms with van der Waals surface area (Å²) in [6.45, 7) is 1.67. The van der Waals surface area contributed by atoms with Crippen molar-refractivity contribution in [2.75, 3.05) is 5.01 Å². The number of amides is 1. The summed E-state index contributed by atoms with van der Waals surface area (Å²) < 4.78 is 38.3. The number of hydrogen-bond acceptors (Lipinski definition) is 5. The topological polar surface area (TPSA) is 82.9 Å². The van der Waals surface area contributed by atoms with E-state index in [1.807, 2.05) is 0 Å². The molecule has 0 saturated carbocycles. The third kappa shape index (κ3) is 4.17. The number of aromatic carboxylic acids is 1. The molecule has 0 fully saturated rings. The zero-order valence-corrected chi connectivity index (χ0v) is 17.2. The molecule has 1 amide bonds. The minimum Gasteiger partial charge on any atom is -0.478 e. The monoisotopic (exact) mass is 457 g/mol. The highest BCUT2D eigenvalue weighted by Crippen LogP contribution is 2.34. The van der Waals surface area contributed by atoms with E-state index < -0.39 is 23.6 Å². The normalized spacial score (nSPS) is 15.4. The summed E-state index contributed by atoms with van der Waals surface area (Å²) in [6, 6.07) is 10.7. The summed E-state index contributed by atoms with van der Waals surface area (Å²) in [4.78, 5) is 28.2. The number of carbonyl (C=O) groups excluding carboxylic acids is 1. The molecule has 2 heterocycles. The van der Waals surface area contributed by atoms with Crippen LogP contribution in [0, 0.1) is 0 Å². The van der Waals surface area contributed by atoms with E-state index in [9.17, 15) is 22.8 Å². The Hall–Kier alpha value is -3.79. The van der Waals surface area contributed by atoms with Gasteiger partial charge >= 0.3 is 12.1 Å². The summed E-state index contributed by atoms with van der Waals surface area (Å²) in [5.41, 5.74) is 1.73. The van der Waals surface area contributed by atoms with E-state index in [4.69, 9.17) is 5.11 Å². The van der Waals surface area contributed by atoms with E-state index in [-0.39, 0.29) is 10.7 Å². The molecule has 6 nitrogen and oxygen atoms in total. The molecule has 0 radical (unpaired) electrons. The first-order valence-electron chi connectivity index (χ1n) is 9.22. The number of carboxylic acid groups (broad SMARTS) is 1. The molecule has 3 aromatic rings. The maximum absolute atomic E-state index is 12.9. The van der Waals surface area contributed by atoms with E-state index >= 15 is 0 Å². The Morgan fingerprint density at radius 1 is 1.09 bits per heavy atom. The Labute approximate surface area is 184 Å². The highest BCUT2D eigenvalue weighted by Gasteiger charge is 2.32. The molecule has 0 atom stereocenters. The summed E-state index contributed by atoms with van der Waals surface area (Å²) >= 11 is 1.14. The first kappa shape index (κ1) is 21.4. The van der Waals surface area contributed by atoms with Gasteiger partial charge in [-0.05, 0) is 42.8 Å². The Morgan fingerprint density at radius 3 is 2.34 bits per heavy atom. The van der Waals surface area contributed by atoms with E-state index in [1.165, 1.54) is 24.3 Å². The van der Waals surface area contributed by atoms with Crippen LogP contribution in [0.1, 0.15) is 28.4 Å². The fraction of sp³-hybridized carbons (Fsp3) is 0.0909. The minimum absolute atomic E-state index is 0.135. The average molecular weight is 457 g/mol. The van der Waals surface area contributed by atoms with Gasteiger partial charge in [0.15, 0.2) is 0 Å². The quantitative estimate of drug-likeness (QED) is 0.537. The number of aromatic nitrogens is 1. The van der Waals surface area contributed by atoms with Gasteiger partial charge in [-0.1, -0.05) is 24.3 Å². The molecule has 10 heteroatoms. The van der Waals surface area contributed by atoms with Gasteiger partial charge in [0.25, 0.3) is 5.91 Å². The van der Waals surface area contributed by atoms with Crippen molar-refractivity contribution >= 4 is 40.1 Å². The lowest BCUT2D eigenvalue weighted by Crippen LogP contribution is -2.21. The number of nitrogens with zero attached hydrogens (tertiary/aromatic N) is 3. The van der Waals surface area contributed by atoms with Crippen molar-refractivity contribution in [2.24, 2.45) is 5.10 Å². The van der Waals surface area contributed by atoms with Gasteiger partial charge in [0.2, 0.25) is 5.13 Å². The Balaban J connectivity index is 1.56. The Kier molecular flexibility index (Phi) is 5.39. The summed E-state index contributed by atoms with van der Waals surface area (Å²) in [6.07, 6.45) is -2.81. The number of carbonyl (C=O) groups is 2. The van der Waals surface area contributed by atoms with E-state index in [0.717, 1.165) is 28.5 Å². The average Bonchev–Trinajstić information content (AvgIpc) is 3.34. The maximum Gasteiger partial charge on any atom is 0.416 e. The van der Waals surface area contributed by atoms with Gasteiger partial charge in [0.05, 0.1) is 28.1 Å². The van der Waals surface area contributed by atoms with Crippen molar-refractivity contribution in [1.82, 2.24) is 4.98 Å². The van der Waals surface area contributed by atoms with Crippen LogP contribution in [0.5, 0.6) is 0 Å². The highest BCUT2D eigenvalue weighted by atomic mass is 32.1. The molecular formula is C22H14F3N3O3S. The van der Waals surface area contributed by atoms with Crippen LogP contribution in [0.2, 0.25) is 0 Å². The van der Waals surface area contributed by atoms with Crippen LogP contribution in [0.15, 0.2) is 64.6 Å². The fourth-order valence-corrected chi connectivity index (χ4v) is 3.81. The SMILES string of the molecule is CC1=NN(c2nc(-c3ccc(C(F)(F)F)cc3)cs2)C(=O)/C1=C/c1ccc(C(=O)O)cc1. The number of benzene rings is 2. The van der Waals surface area contributed by atoms with Crippen molar-refractivity contribution < 1.29 is 27.9 Å². The molecule has 162 valence electrons. The minimum atomic E-state index is -4.42. The van der Waals surface area contributed by atoms with E-state index in [0.29, 0.717) is 28.1 Å². The van der Waals surface area contributed by atoms with Crippen LogP contribution in [0.4, 0.5) is 18.3 Å². The molecule has 1 aliphatic heterocycles. The number of thiazole rings is 1. The molecule has 1 N–H and O–H groups in total. The predicted octanol–water partition coefficient (Wildman–Crippen LogP) is 5.33. The van der Waals surface area contributed by atoms with E-state index in [2.05, 4.69) is 10.1 Å². The van der Waals surface area contributed by atoms with Crippen molar-refractivity contribution in [1.29, 1.82) is 0 Å². The predicted molar refractivity (Wildman–Crippen MR) is 115 cm³/mol. The highest BCUT2D eigenvalue weighted by molar-refractivity contribution is 7.14. The zero-order valence-electron chi connectivity index (χ0n) is 16.4. The largest absolute Gasteiger partial charge is 0.478 e. The third-order valence-corrected chi connectivity index (χ3v) is 5.53. The number of hydrogen-bond donors (Lipinski definition) is 1. The van der Waals surface area contributed by atoms with Gasteiger partial charge in [0.1, 0.15) is 0 Å². The van der Waals surface area contributed by atoms with Crippen LogP contribution >= 0.6 is 11.3 Å². The maximum atomic E-state index is 12.9. The van der Waals surface area contributed by atoms with Crippen LogP contribution in [0.25, 0.3) is 17.3 Å². The molecule has 0 saturated heterocycles. The molecule has 0 unspecified atom stereocenters. The molecule has 32 heavy (non-hydrogen) atoms. The van der Waals surface area contributed by atoms with Crippen molar-refractivity contribution in [3.05, 3.63) is 76.2 Å². The number of alkyl halides is 3. The lowest BCUT2D eigenvalue weighted by atomic mass is 10.1. The van der Waals surface area contributed by atoms with Crippen molar-refractivity contribution in [3.8, 4) is 11.3 Å². The molecule has 1 aliphatic rings. The zero-order chi connectivity index (χ0) is 23.0. The summed E-state index contributed by atoms with van der Waals surface area (Å²) in [7, 11) is 0. The number of rotatable bonds is 4. The van der Waals surface area contributed by atoms with Crippen LogP contribution in [-0.4, -0.2) is 27.7 Å². The lowest BCUT2D eigenvalue weighted by molar-refractivity contribution is -0.137. The first-order chi connectivity index (χ1) is 15.1. The van der Waals surface area contributed by atoms with Gasteiger partial charge in [-0.2, -0.15) is 23.3 Å². The van der Waals surface area contributed by atoms with Crippen LogP contribution in [0.3, 0.4) is 0 Å². The van der Waals surface area contributed by atoms with Gasteiger partial charge in [-0.25, -0.2) is 9.78 Å². The Morgan fingerprint density at radius 2 is 1.75 bits per heavy atom. The fourth-order valence-electron chi connectivity index (χ4n) is 3.03. The smallest absolute Gasteiger partial charge is 0.416 e. The van der Waals surface area contributed by atoms with Crippen LogP contribution < -0.4 is 5.01 Å². The molecule has 1 aromatic heterocycles. The summed E-state index contributed by atoms with van der Waals surface area (Å²) in [5, 5.41) is 16.3. The molecule has 0 aliphatic carbocycles. The van der Waals surface area contributed by atoms with Gasteiger partial charge in [-0.15, -0.1) is 11.3 Å². The standard InChI is InChI=1S/C22H14F3N3O3S/c1-12-17(10-13-2-4-15(5-3-13)20(30)31)19(29)28(27-12)21-26-18(11-32-21)14-6-8-16(9-7-14)22(23,24)25/h2-11H,1H3,(H,30,31)/b17-10+. The molecule has 2 aromatic carbocycles. The van der Waals surface area contributed by atoms with Crippen LogP contribution in [-0.2, 0) is 11.0 Å². The van der Waals surface area contributed by atoms with Gasteiger partial charge < -0.3 is 5.11 Å². The number of carboxylic acids is 1. The first-order valence-corrected chi connectivity index (χ1v) is 10.1. The van der Waals surface area contributed by atoms with E-state index in [1.54, 1.807) is 30.5 Å². The van der Waals surface area contributed by atoms with Crippen molar-refractivity contribution in [2.45, 2.75) is 13.1 Å². The second kappa shape index (κ2) is 8.04. The lowest BCUT2D eigenvalue weighted by Gasteiger charge is -2.07. The van der Waals surface area contributed by atoms with Gasteiger partial charge in [0, 0.05) is 10.9 Å². The van der Waals surface area contributed by atoms with Crippen molar-refractivity contribution in [3.63, 3.8) is 0 Å². The Bertz CT molecular complexity index is 1260. The third-order valence-electron chi connectivity index (χ3n) is 4.71. The molecule has 4 rings (SSSR count). The number of halogens is 3. The molecule has 0 bridgehead atoms. The second-order valence-electron chi connectivity index (χ2n) is 6.88. The van der Waals surface area contributed by atoms with Gasteiger partial charge in [-0.3, -0.25) is 4.79 Å². The second-order valence-corrected chi connectivity index (χ2v) is 7.71. The molecular weight excluding hydrogens is 443 g/mol. The summed E-state index contributed by atoms with van der Waals surface area (Å²) in [5.74, 6) is -1.45. The molecule has 0 spiro atoms. The number of anilines is 1. The number of hydrazone groups is 1.